The van der Waals surface area contributed by atoms with Crippen molar-refractivity contribution in [2.75, 3.05) is 33.0 Å². The smallest absolute Gasteiger partial charge is 0.203 e. The van der Waals surface area contributed by atoms with E-state index in [1.165, 1.54) is 19.3 Å². The van der Waals surface area contributed by atoms with E-state index >= 15 is 0 Å². The number of hydrogen-bond acceptors (Lipinski definition) is 6. The van der Waals surface area contributed by atoms with Gasteiger partial charge in [-0.2, -0.15) is 0 Å². The molecule has 2 aromatic rings. The average Bonchev–Trinajstić information content (AvgIpc) is 3.15. The third kappa shape index (κ3) is 4.29. The molecular weight excluding hydrogens is 386 g/mol. The molecule has 6 nitrogen and oxygen atoms in total. The van der Waals surface area contributed by atoms with Gasteiger partial charge in [0.05, 0.1) is 21.3 Å². The second-order valence-electron chi connectivity index (χ2n) is 6.42. The van der Waals surface area contributed by atoms with Gasteiger partial charge in [0, 0.05) is 23.2 Å². The fourth-order valence-corrected chi connectivity index (χ4v) is 4.55. The van der Waals surface area contributed by atoms with Crippen LogP contribution in [0.15, 0.2) is 17.3 Å². The molecule has 1 aromatic heterocycles. The molecule has 0 N–H and O–H groups in total. The van der Waals surface area contributed by atoms with Gasteiger partial charge in [-0.25, -0.2) is 0 Å². The van der Waals surface area contributed by atoms with E-state index in [1.54, 1.807) is 33.1 Å². The maximum Gasteiger partial charge on any atom is 0.203 e. The molecule has 0 aliphatic heterocycles. The number of nitrogens with zero attached hydrogens (tertiary/aromatic N) is 3. The third-order valence-electron chi connectivity index (χ3n) is 4.84. The van der Waals surface area contributed by atoms with Gasteiger partial charge in [-0.1, -0.05) is 31.0 Å². The summed E-state index contributed by atoms with van der Waals surface area (Å²) >= 11 is 7.55. The number of ether oxygens (including phenoxy) is 3. The van der Waals surface area contributed by atoms with Gasteiger partial charge in [0.1, 0.15) is 0 Å². The van der Waals surface area contributed by atoms with Crippen LogP contribution < -0.4 is 14.2 Å². The largest absolute Gasteiger partial charge is 0.493 e. The zero-order valence-corrected chi connectivity index (χ0v) is 17.6. The molecular formula is C19H26ClN3O3S. The van der Waals surface area contributed by atoms with Crippen LogP contribution in [0.5, 0.6) is 17.2 Å². The van der Waals surface area contributed by atoms with Crippen LogP contribution in [0, 0.1) is 0 Å². The summed E-state index contributed by atoms with van der Waals surface area (Å²) in [6.07, 6.45) is 6.05. The van der Waals surface area contributed by atoms with Crippen LogP contribution >= 0.6 is 23.4 Å². The summed E-state index contributed by atoms with van der Waals surface area (Å²) in [5.74, 6) is 4.02. The predicted octanol–water partition coefficient (Wildman–Crippen LogP) is 4.81. The molecule has 0 amide bonds. The highest BCUT2D eigenvalue weighted by Gasteiger charge is 2.25. The SMILES string of the molecule is COc1cc(-c2nnc(SCCCl)n2C2CCCCC2)cc(OC)c1OC. The standard InChI is InChI=1S/C19H26ClN3O3S/c1-24-15-11-13(12-16(25-2)17(15)26-3)18-21-22-19(27-10-9-20)23(18)14-7-5-4-6-8-14/h11-12,14H,4-10H2,1-3H3. The van der Waals surface area contributed by atoms with Gasteiger partial charge in [-0.15, -0.1) is 21.8 Å². The summed E-state index contributed by atoms with van der Waals surface area (Å²) in [7, 11) is 4.84. The lowest BCUT2D eigenvalue weighted by atomic mass is 9.95. The highest BCUT2D eigenvalue weighted by Crippen LogP contribution is 2.42. The molecule has 3 rings (SSSR count). The lowest BCUT2D eigenvalue weighted by Crippen LogP contribution is -2.15. The Morgan fingerprint density at radius 3 is 2.26 bits per heavy atom. The first kappa shape index (κ1) is 20.1. The average molecular weight is 412 g/mol. The number of thioether (sulfide) groups is 1. The van der Waals surface area contributed by atoms with E-state index < -0.39 is 0 Å². The van der Waals surface area contributed by atoms with Crippen LogP contribution in [-0.2, 0) is 0 Å². The maximum absolute atomic E-state index is 5.90. The summed E-state index contributed by atoms with van der Waals surface area (Å²) in [5.41, 5.74) is 0.903. The van der Waals surface area contributed by atoms with Crippen molar-refractivity contribution in [1.82, 2.24) is 14.8 Å². The Labute approximate surface area is 169 Å². The molecule has 148 valence electrons. The van der Waals surface area contributed by atoms with Crippen molar-refractivity contribution >= 4 is 23.4 Å². The van der Waals surface area contributed by atoms with Crippen LogP contribution in [0.25, 0.3) is 11.4 Å². The van der Waals surface area contributed by atoms with Crippen molar-refractivity contribution in [3.63, 3.8) is 0 Å². The van der Waals surface area contributed by atoms with Crippen molar-refractivity contribution < 1.29 is 14.2 Å². The minimum atomic E-state index is 0.403. The van der Waals surface area contributed by atoms with E-state index in [0.29, 0.717) is 29.2 Å². The molecule has 0 spiro atoms. The van der Waals surface area contributed by atoms with Crippen molar-refractivity contribution in [2.24, 2.45) is 0 Å². The monoisotopic (exact) mass is 411 g/mol. The van der Waals surface area contributed by atoms with Gasteiger partial charge < -0.3 is 14.2 Å². The number of alkyl halides is 1. The Kier molecular flexibility index (Phi) is 7.13. The highest BCUT2D eigenvalue weighted by molar-refractivity contribution is 7.99. The second-order valence-corrected chi connectivity index (χ2v) is 7.86. The van der Waals surface area contributed by atoms with Crippen LogP contribution in [0.4, 0.5) is 0 Å². The molecule has 1 saturated carbocycles. The molecule has 0 unspecified atom stereocenters. The van der Waals surface area contributed by atoms with Crippen LogP contribution in [0.3, 0.4) is 0 Å². The molecule has 1 aromatic carbocycles. The van der Waals surface area contributed by atoms with E-state index in [4.69, 9.17) is 25.8 Å². The molecule has 8 heteroatoms. The minimum Gasteiger partial charge on any atom is -0.493 e. The maximum atomic E-state index is 5.90. The van der Waals surface area contributed by atoms with Crippen LogP contribution in [0.1, 0.15) is 38.1 Å². The lowest BCUT2D eigenvalue weighted by molar-refractivity contribution is 0.324. The molecule has 1 heterocycles. The first-order chi connectivity index (χ1) is 13.2. The van der Waals surface area contributed by atoms with Gasteiger partial charge in [0.15, 0.2) is 22.5 Å². The molecule has 0 radical (unpaired) electrons. The van der Waals surface area contributed by atoms with Gasteiger partial charge in [0.2, 0.25) is 5.75 Å². The summed E-state index contributed by atoms with van der Waals surface area (Å²) in [6, 6.07) is 4.27. The Balaban J connectivity index is 2.09. The van der Waals surface area contributed by atoms with Crippen molar-refractivity contribution in [2.45, 2.75) is 43.3 Å². The van der Waals surface area contributed by atoms with E-state index in [2.05, 4.69) is 14.8 Å². The minimum absolute atomic E-state index is 0.403. The third-order valence-corrected chi connectivity index (χ3v) is 6.19. The quantitative estimate of drug-likeness (QED) is 0.459. The summed E-state index contributed by atoms with van der Waals surface area (Å²) < 4.78 is 18.7. The Morgan fingerprint density at radius 2 is 1.70 bits per heavy atom. The summed E-state index contributed by atoms with van der Waals surface area (Å²) in [5, 5.41) is 9.90. The zero-order chi connectivity index (χ0) is 19.2. The van der Waals surface area contributed by atoms with E-state index in [9.17, 15) is 0 Å². The van der Waals surface area contributed by atoms with Crippen molar-refractivity contribution in [3.8, 4) is 28.6 Å². The molecule has 1 aliphatic rings. The Morgan fingerprint density at radius 1 is 1.04 bits per heavy atom. The predicted molar refractivity (Wildman–Crippen MR) is 109 cm³/mol. The zero-order valence-electron chi connectivity index (χ0n) is 16.0. The molecule has 0 saturated heterocycles. The molecule has 0 bridgehead atoms. The van der Waals surface area contributed by atoms with Crippen molar-refractivity contribution in [1.29, 1.82) is 0 Å². The summed E-state index contributed by atoms with van der Waals surface area (Å²) in [6.45, 7) is 0. The van der Waals surface area contributed by atoms with Crippen LogP contribution in [-0.4, -0.2) is 47.7 Å². The Hall–Kier alpha value is -1.60. The fourth-order valence-electron chi connectivity index (χ4n) is 3.58. The van der Waals surface area contributed by atoms with Crippen LogP contribution in [0.2, 0.25) is 0 Å². The van der Waals surface area contributed by atoms with E-state index in [0.717, 1.165) is 35.1 Å². The normalized spacial score (nSPS) is 15.0. The van der Waals surface area contributed by atoms with E-state index in [1.807, 2.05) is 12.1 Å². The number of methoxy groups -OCH3 is 3. The van der Waals surface area contributed by atoms with Gasteiger partial charge in [0.25, 0.3) is 0 Å². The molecule has 1 aliphatic carbocycles. The molecule has 27 heavy (non-hydrogen) atoms. The number of rotatable bonds is 8. The van der Waals surface area contributed by atoms with Gasteiger partial charge >= 0.3 is 0 Å². The Bertz CT molecular complexity index is 738. The highest BCUT2D eigenvalue weighted by atomic mass is 35.5. The molecule has 0 atom stereocenters. The number of aromatic nitrogens is 3. The lowest BCUT2D eigenvalue weighted by Gasteiger charge is -2.26. The number of halogens is 1. The first-order valence-corrected chi connectivity index (χ1v) is 10.7. The van der Waals surface area contributed by atoms with Gasteiger partial charge in [-0.05, 0) is 25.0 Å². The number of hydrogen-bond donors (Lipinski definition) is 0. The molecule has 1 fully saturated rings. The number of benzene rings is 1. The second kappa shape index (κ2) is 9.55. The van der Waals surface area contributed by atoms with Crippen molar-refractivity contribution in [3.05, 3.63) is 12.1 Å². The topological polar surface area (TPSA) is 58.4 Å². The first-order valence-electron chi connectivity index (χ1n) is 9.17. The fraction of sp³-hybridized carbons (Fsp3) is 0.579. The summed E-state index contributed by atoms with van der Waals surface area (Å²) in [4.78, 5) is 0. The van der Waals surface area contributed by atoms with Gasteiger partial charge in [-0.3, -0.25) is 4.57 Å². The van der Waals surface area contributed by atoms with E-state index in [-0.39, 0.29) is 0 Å².